The van der Waals surface area contributed by atoms with Gasteiger partial charge in [-0.1, -0.05) is 35.3 Å². The molecule has 0 N–H and O–H groups in total. The highest BCUT2D eigenvalue weighted by Gasteiger charge is 2.29. The second-order valence-corrected chi connectivity index (χ2v) is 9.75. The predicted octanol–water partition coefficient (Wildman–Crippen LogP) is 2.61. The average Bonchev–Trinajstić information content (AvgIpc) is 2.95. The first kappa shape index (κ1) is 20.4. The van der Waals surface area contributed by atoms with Crippen LogP contribution in [0.3, 0.4) is 0 Å². The Labute approximate surface area is 178 Å². The number of hydrogen-bond donors (Lipinski definition) is 0. The third kappa shape index (κ3) is 3.71. The van der Waals surface area contributed by atoms with Crippen molar-refractivity contribution in [2.45, 2.75) is 11.6 Å². The van der Waals surface area contributed by atoms with Crippen LogP contribution in [0.5, 0.6) is 0 Å². The predicted molar refractivity (Wildman–Crippen MR) is 114 cm³/mol. The Hall–Kier alpha value is -1.84. The van der Waals surface area contributed by atoms with E-state index in [9.17, 15) is 13.2 Å². The molecule has 4 rings (SSSR count). The van der Waals surface area contributed by atoms with Crippen LogP contribution in [-0.4, -0.2) is 52.9 Å². The number of aromatic nitrogens is 2. The number of nitrogens with zero attached hydrogens (tertiary/aromatic N) is 4. The number of halogens is 2. The Kier molecular flexibility index (Phi) is 5.48. The molecule has 7 nitrogen and oxygen atoms in total. The van der Waals surface area contributed by atoms with Crippen LogP contribution in [0.4, 0.5) is 0 Å². The van der Waals surface area contributed by atoms with Gasteiger partial charge in [0.15, 0.2) is 0 Å². The molecule has 2 heterocycles. The monoisotopic (exact) mass is 454 g/mol. The lowest BCUT2D eigenvalue weighted by Crippen LogP contribution is -2.49. The van der Waals surface area contributed by atoms with Crippen LogP contribution in [-0.2, 0) is 23.7 Å². The maximum absolute atomic E-state index is 12.9. The molecular formula is C19H20Cl2N4O3S. The van der Waals surface area contributed by atoms with Gasteiger partial charge in [0.1, 0.15) is 0 Å². The van der Waals surface area contributed by atoms with Gasteiger partial charge in [-0.05, 0) is 30.3 Å². The van der Waals surface area contributed by atoms with Crippen molar-refractivity contribution in [1.82, 2.24) is 18.3 Å². The molecule has 1 aliphatic heterocycles. The molecule has 10 heteroatoms. The number of benzene rings is 2. The minimum atomic E-state index is -3.65. The smallest absolute Gasteiger partial charge is 0.295 e. The van der Waals surface area contributed by atoms with E-state index in [1.165, 1.54) is 22.5 Å². The quantitative estimate of drug-likeness (QED) is 0.607. The Morgan fingerprint density at radius 3 is 2.24 bits per heavy atom. The summed E-state index contributed by atoms with van der Waals surface area (Å²) < 4.78 is 30.6. The lowest BCUT2D eigenvalue weighted by molar-refractivity contribution is 0.152. The van der Waals surface area contributed by atoms with Crippen molar-refractivity contribution in [1.29, 1.82) is 0 Å². The fraction of sp³-hybridized carbons (Fsp3) is 0.316. The van der Waals surface area contributed by atoms with Crippen molar-refractivity contribution in [2.75, 3.05) is 26.2 Å². The van der Waals surface area contributed by atoms with Crippen LogP contribution in [0.1, 0.15) is 0 Å². The van der Waals surface area contributed by atoms with Gasteiger partial charge in [-0.3, -0.25) is 14.0 Å². The van der Waals surface area contributed by atoms with Crippen LogP contribution in [0, 0.1) is 0 Å². The highest BCUT2D eigenvalue weighted by molar-refractivity contribution is 7.89. The van der Waals surface area contributed by atoms with Gasteiger partial charge < -0.3 is 0 Å². The fourth-order valence-electron chi connectivity index (χ4n) is 3.60. The van der Waals surface area contributed by atoms with E-state index in [4.69, 9.17) is 23.2 Å². The molecule has 0 saturated carbocycles. The summed E-state index contributed by atoms with van der Waals surface area (Å²) >= 11 is 11.9. The minimum absolute atomic E-state index is 0.0861. The van der Waals surface area contributed by atoms with Gasteiger partial charge in [0, 0.05) is 33.2 Å². The van der Waals surface area contributed by atoms with Gasteiger partial charge in [-0.15, -0.1) is 0 Å². The summed E-state index contributed by atoms with van der Waals surface area (Å²) in [6.07, 6.45) is 0. The Morgan fingerprint density at radius 1 is 0.931 bits per heavy atom. The normalized spacial score (nSPS) is 16.5. The summed E-state index contributed by atoms with van der Waals surface area (Å²) in [5.74, 6) is 0. The van der Waals surface area contributed by atoms with Gasteiger partial charge in [0.2, 0.25) is 10.0 Å². The van der Waals surface area contributed by atoms with Crippen LogP contribution < -0.4 is 5.69 Å². The van der Waals surface area contributed by atoms with Gasteiger partial charge in [-0.25, -0.2) is 13.2 Å². The summed E-state index contributed by atoms with van der Waals surface area (Å²) in [5, 5.41) is 0.526. The largest absolute Gasteiger partial charge is 0.329 e. The van der Waals surface area contributed by atoms with Crippen LogP contribution >= 0.6 is 23.2 Å². The van der Waals surface area contributed by atoms with E-state index in [1.807, 2.05) is 24.3 Å². The number of aryl methyl sites for hydroxylation is 1. The van der Waals surface area contributed by atoms with Crippen molar-refractivity contribution in [2.24, 2.45) is 7.05 Å². The minimum Gasteiger partial charge on any atom is -0.295 e. The van der Waals surface area contributed by atoms with Gasteiger partial charge in [0.25, 0.3) is 0 Å². The second-order valence-electron chi connectivity index (χ2n) is 7.00. The molecule has 0 amide bonds. The molecule has 0 radical (unpaired) electrons. The highest BCUT2D eigenvalue weighted by Crippen LogP contribution is 2.27. The van der Waals surface area contributed by atoms with Crippen molar-refractivity contribution in [3.63, 3.8) is 0 Å². The summed E-state index contributed by atoms with van der Waals surface area (Å²) in [4.78, 5) is 14.8. The van der Waals surface area contributed by atoms with E-state index >= 15 is 0 Å². The van der Waals surface area contributed by atoms with E-state index in [1.54, 1.807) is 16.2 Å². The van der Waals surface area contributed by atoms with Crippen LogP contribution in [0.2, 0.25) is 10.0 Å². The van der Waals surface area contributed by atoms with Crippen molar-refractivity contribution < 1.29 is 8.42 Å². The average molecular weight is 455 g/mol. The fourth-order valence-corrected chi connectivity index (χ4v) is 5.41. The molecule has 1 aromatic heterocycles. The number of sulfonamides is 1. The molecule has 154 valence electrons. The lowest BCUT2D eigenvalue weighted by atomic mass is 10.3. The van der Waals surface area contributed by atoms with E-state index in [0.717, 1.165) is 11.0 Å². The van der Waals surface area contributed by atoms with Crippen LogP contribution in [0.25, 0.3) is 11.0 Å². The molecule has 0 spiro atoms. The summed E-state index contributed by atoms with van der Waals surface area (Å²) in [7, 11) is -1.89. The molecule has 1 fully saturated rings. The summed E-state index contributed by atoms with van der Waals surface area (Å²) in [5.41, 5.74) is 1.65. The second kappa shape index (κ2) is 7.77. The lowest BCUT2D eigenvalue weighted by Gasteiger charge is -2.34. The van der Waals surface area contributed by atoms with Crippen molar-refractivity contribution in [3.8, 4) is 0 Å². The van der Waals surface area contributed by atoms with E-state index in [-0.39, 0.29) is 15.6 Å². The van der Waals surface area contributed by atoms with E-state index in [2.05, 4.69) is 4.90 Å². The number of para-hydroxylation sites is 2. The molecular weight excluding hydrogens is 435 g/mol. The summed E-state index contributed by atoms with van der Waals surface area (Å²) in [6.45, 7) is 2.14. The number of piperazine rings is 1. The molecule has 0 aliphatic carbocycles. The molecule has 29 heavy (non-hydrogen) atoms. The maximum Gasteiger partial charge on any atom is 0.329 e. The van der Waals surface area contributed by atoms with Gasteiger partial charge in [-0.2, -0.15) is 4.31 Å². The zero-order valence-corrected chi connectivity index (χ0v) is 18.1. The van der Waals surface area contributed by atoms with Gasteiger partial charge in [0.05, 0.1) is 32.6 Å². The molecule has 0 bridgehead atoms. The highest BCUT2D eigenvalue weighted by atomic mass is 35.5. The number of imidazole rings is 1. The number of fused-ring (bicyclic) bond motifs is 1. The van der Waals surface area contributed by atoms with Crippen molar-refractivity contribution in [3.05, 3.63) is 63.0 Å². The Bertz CT molecular complexity index is 1230. The Morgan fingerprint density at radius 2 is 1.59 bits per heavy atom. The van der Waals surface area contributed by atoms with E-state index < -0.39 is 10.0 Å². The molecule has 0 atom stereocenters. The number of rotatable bonds is 4. The molecule has 1 saturated heterocycles. The topological polar surface area (TPSA) is 67.6 Å². The molecule has 3 aromatic rings. The third-order valence-electron chi connectivity index (χ3n) is 5.25. The first-order valence-electron chi connectivity index (χ1n) is 9.11. The third-order valence-corrected chi connectivity index (χ3v) is 7.89. The summed E-state index contributed by atoms with van der Waals surface area (Å²) in [6, 6.07) is 12.0. The molecule has 2 aromatic carbocycles. The first-order chi connectivity index (χ1) is 13.8. The maximum atomic E-state index is 12.9. The Balaban J connectivity index is 1.50. The zero-order chi connectivity index (χ0) is 20.8. The number of hydrogen-bond acceptors (Lipinski definition) is 4. The first-order valence-corrected chi connectivity index (χ1v) is 11.3. The van der Waals surface area contributed by atoms with Crippen LogP contribution in [0.15, 0.2) is 52.2 Å². The van der Waals surface area contributed by atoms with E-state index in [0.29, 0.717) is 37.9 Å². The van der Waals surface area contributed by atoms with Crippen molar-refractivity contribution >= 4 is 44.3 Å². The standard InChI is InChI=1S/C19H20Cl2N4O3S/c1-22-17-4-2-3-5-18(17)25(19(22)26)13-23-8-10-24(11-9-23)29(27,28)14-6-7-15(20)16(21)12-14/h2-7,12H,8-11,13H2,1H3. The molecule has 1 aliphatic rings. The SMILES string of the molecule is Cn1c(=O)n(CN2CCN(S(=O)(=O)c3ccc(Cl)c(Cl)c3)CC2)c2ccccc21. The van der Waals surface area contributed by atoms with Gasteiger partial charge >= 0.3 is 5.69 Å². The molecule has 0 unspecified atom stereocenters. The zero-order valence-electron chi connectivity index (χ0n) is 15.8.